The van der Waals surface area contributed by atoms with E-state index < -0.39 is 0 Å². The number of aryl methyl sites for hydroxylation is 1. The van der Waals surface area contributed by atoms with Gasteiger partial charge in [-0.2, -0.15) is 0 Å². The molecular formula is C10H18N4. The van der Waals surface area contributed by atoms with Gasteiger partial charge in [0, 0.05) is 31.0 Å². The molecule has 1 saturated carbocycles. The molecule has 1 aliphatic carbocycles. The van der Waals surface area contributed by atoms with Gasteiger partial charge in [0.1, 0.15) is 0 Å². The quantitative estimate of drug-likeness (QED) is 0.741. The van der Waals surface area contributed by atoms with Gasteiger partial charge in [-0.25, -0.2) is 4.98 Å². The normalized spacial score (nSPS) is 16.2. The van der Waals surface area contributed by atoms with Crippen LogP contribution >= 0.6 is 0 Å². The van der Waals surface area contributed by atoms with Gasteiger partial charge in [-0.15, -0.1) is 0 Å². The maximum atomic E-state index is 4.19. The topological polar surface area (TPSA) is 44.0 Å². The summed E-state index contributed by atoms with van der Waals surface area (Å²) in [6, 6.07) is 0.843. The predicted octanol–water partition coefficient (Wildman–Crippen LogP) is 1.22. The van der Waals surface area contributed by atoms with E-state index in [4.69, 9.17) is 0 Å². The molecule has 0 atom stereocenters. The Morgan fingerprint density at radius 2 is 2.43 bits per heavy atom. The average molecular weight is 194 g/mol. The number of rotatable bonds is 5. The third-order valence-corrected chi connectivity index (χ3v) is 2.63. The summed E-state index contributed by atoms with van der Waals surface area (Å²) in [5.74, 6) is 0.881. The van der Waals surface area contributed by atoms with Crippen LogP contribution in [0, 0.1) is 6.92 Å². The van der Waals surface area contributed by atoms with Gasteiger partial charge < -0.3 is 15.2 Å². The van der Waals surface area contributed by atoms with Gasteiger partial charge in [0.05, 0.1) is 0 Å². The Morgan fingerprint density at radius 3 is 3.00 bits per heavy atom. The monoisotopic (exact) mass is 194 g/mol. The fraction of sp³-hybridized carbons (Fsp3) is 0.700. The molecule has 2 N–H and O–H groups in total. The molecule has 1 heterocycles. The molecule has 0 amide bonds. The second-order valence-corrected chi connectivity index (χ2v) is 4.05. The van der Waals surface area contributed by atoms with Crippen molar-refractivity contribution in [2.45, 2.75) is 25.8 Å². The van der Waals surface area contributed by atoms with Crippen molar-refractivity contribution in [3.63, 3.8) is 0 Å². The molecule has 14 heavy (non-hydrogen) atoms. The fourth-order valence-corrected chi connectivity index (χ4v) is 1.55. The van der Waals surface area contributed by atoms with Crippen LogP contribution in [0.2, 0.25) is 0 Å². The zero-order valence-electron chi connectivity index (χ0n) is 8.88. The highest BCUT2D eigenvalue weighted by Gasteiger charge is 2.25. The summed E-state index contributed by atoms with van der Waals surface area (Å²) in [5, 5.41) is 3.27. The minimum absolute atomic E-state index is 0.843. The van der Waals surface area contributed by atoms with Crippen LogP contribution in [-0.2, 0) is 0 Å². The van der Waals surface area contributed by atoms with Gasteiger partial charge in [-0.1, -0.05) is 0 Å². The number of likely N-dealkylation sites (N-methyl/N-ethyl adjacent to an activating group) is 1. The maximum absolute atomic E-state index is 4.19. The first-order valence-corrected chi connectivity index (χ1v) is 5.21. The molecule has 0 bridgehead atoms. The Kier molecular flexibility index (Phi) is 2.72. The van der Waals surface area contributed by atoms with E-state index in [0.717, 1.165) is 30.8 Å². The van der Waals surface area contributed by atoms with E-state index in [0.29, 0.717) is 0 Å². The minimum Gasteiger partial charge on any atom is -0.355 e. The lowest BCUT2D eigenvalue weighted by molar-refractivity contribution is 0.337. The van der Waals surface area contributed by atoms with E-state index in [1.165, 1.54) is 12.8 Å². The second-order valence-electron chi connectivity index (χ2n) is 4.05. The van der Waals surface area contributed by atoms with Gasteiger partial charge in [0.2, 0.25) is 0 Å². The van der Waals surface area contributed by atoms with E-state index in [9.17, 15) is 0 Å². The van der Waals surface area contributed by atoms with Crippen molar-refractivity contribution in [1.82, 2.24) is 14.9 Å². The molecule has 0 aromatic carbocycles. The van der Waals surface area contributed by atoms with Gasteiger partial charge in [-0.3, -0.25) is 0 Å². The van der Waals surface area contributed by atoms with Gasteiger partial charge >= 0.3 is 0 Å². The number of nitrogens with one attached hydrogen (secondary N) is 2. The fourth-order valence-electron chi connectivity index (χ4n) is 1.55. The molecule has 1 aromatic rings. The smallest absolute Gasteiger partial charge is 0.200 e. The number of H-pyrrole nitrogens is 1. The van der Waals surface area contributed by atoms with Crippen LogP contribution in [0.5, 0.6) is 0 Å². The van der Waals surface area contributed by atoms with Crippen molar-refractivity contribution in [2.75, 3.05) is 25.5 Å². The molecule has 0 aliphatic heterocycles. The van der Waals surface area contributed by atoms with Gasteiger partial charge in [0.25, 0.3) is 0 Å². The summed E-state index contributed by atoms with van der Waals surface area (Å²) in [7, 11) is 2.19. The molecular weight excluding hydrogens is 176 g/mol. The summed E-state index contributed by atoms with van der Waals surface area (Å²) in [6.07, 6.45) is 4.58. The van der Waals surface area contributed by atoms with E-state index in [-0.39, 0.29) is 0 Å². The predicted molar refractivity (Wildman–Crippen MR) is 57.5 cm³/mol. The number of nitrogens with zero attached hydrogens (tertiary/aromatic N) is 2. The lowest BCUT2D eigenvalue weighted by Crippen LogP contribution is -2.27. The highest BCUT2D eigenvalue weighted by atomic mass is 15.2. The van der Waals surface area contributed by atoms with Crippen LogP contribution in [0.25, 0.3) is 0 Å². The Morgan fingerprint density at radius 1 is 1.64 bits per heavy atom. The van der Waals surface area contributed by atoms with Crippen LogP contribution in [0.3, 0.4) is 0 Å². The summed E-state index contributed by atoms with van der Waals surface area (Å²) < 4.78 is 0. The number of imidazole rings is 1. The first-order chi connectivity index (χ1) is 6.75. The van der Waals surface area contributed by atoms with Crippen LogP contribution in [0.1, 0.15) is 18.5 Å². The third-order valence-electron chi connectivity index (χ3n) is 2.63. The molecule has 78 valence electrons. The highest BCUT2D eigenvalue weighted by molar-refractivity contribution is 5.25. The van der Waals surface area contributed by atoms with Crippen molar-refractivity contribution in [2.24, 2.45) is 0 Å². The van der Waals surface area contributed by atoms with Crippen molar-refractivity contribution in [3.8, 4) is 0 Å². The molecule has 2 rings (SSSR count). The standard InChI is InChI=1S/C10H18N4/c1-8-7-12-10(13-8)11-5-6-14(2)9-3-4-9/h7,9H,3-6H2,1-2H3,(H2,11,12,13). The van der Waals surface area contributed by atoms with Crippen LogP contribution in [0.15, 0.2) is 6.20 Å². The summed E-state index contributed by atoms with van der Waals surface area (Å²) >= 11 is 0. The van der Waals surface area contributed by atoms with E-state index in [1.807, 2.05) is 13.1 Å². The number of aromatic nitrogens is 2. The van der Waals surface area contributed by atoms with Gasteiger partial charge in [-0.05, 0) is 26.8 Å². The zero-order chi connectivity index (χ0) is 9.97. The lowest BCUT2D eigenvalue weighted by Gasteiger charge is -2.15. The summed E-state index contributed by atoms with van der Waals surface area (Å²) in [5.41, 5.74) is 1.10. The van der Waals surface area contributed by atoms with E-state index >= 15 is 0 Å². The van der Waals surface area contributed by atoms with Crippen molar-refractivity contribution < 1.29 is 0 Å². The molecule has 0 radical (unpaired) electrons. The minimum atomic E-state index is 0.843. The molecule has 0 saturated heterocycles. The molecule has 4 nitrogen and oxygen atoms in total. The average Bonchev–Trinajstić information content (AvgIpc) is 2.92. The molecule has 0 spiro atoms. The molecule has 0 unspecified atom stereocenters. The van der Waals surface area contributed by atoms with Crippen molar-refractivity contribution in [3.05, 3.63) is 11.9 Å². The third kappa shape index (κ3) is 2.48. The summed E-state index contributed by atoms with van der Waals surface area (Å²) in [4.78, 5) is 9.75. The van der Waals surface area contributed by atoms with Gasteiger partial charge in [0.15, 0.2) is 5.95 Å². The molecule has 4 heteroatoms. The number of hydrogen-bond acceptors (Lipinski definition) is 3. The SMILES string of the molecule is Cc1cnc(NCCN(C)C2CC2)[nH]1. The first-order valence-electron chi connectivity index (χ1n) is 5.21. The largest absolute Gasteiger partial charge is 0.355 e. The first kappa shape index (κ1) is 9.52. The highest BCUT2D eigenvalue weighted by Crippen LogP contribution is 2.24. The Labute approximate surface area is 84.7 Å². The lowest BCUT2D eigenvalue weighted by atomic mass is 10.5. The molecule has 1 aliphatic rings. The number of hydrogen-bond donors (Lipinski definition) is 2. The van der Waals surface area contributed by atoms with Crippen LogP contribution in [-0.4, -0.2) is 41.0 Å². The maximum Gasteiger partial charge on any atom is 0.200 e. The molecule has 1 fully saturated rings. The Hall–Kier alpha value is -1.03. The Balaban J connectivity index is 1.67. The van der Waals surface area contributed by atoms with Crippen molar-refractivity contribution >= 4 is 5.95 Å². The van der Waals surface area contributed by atoms with E-state index in [2.05, 4.69) is 27.2 Å². The molecule has 1 aromatic heterocycles. The van der Waals surface area contributed by atoms with Crippen LogP contribution < -0.4 is 5.32 Å². The number of aromatic amines is 1. The number of anilines is 1. The van der Waals surface area contributed by atoms with Crippen molar-refractivity contribution in [1.29, 1.82) is 0 Å². The Bertz CT molecular complexity index is 290. The van der Waals surface area contributed by atoms with Crippen LogP contribution in [0.4, 0.5) is 5.95 Å². The van der Waals surface area contributed by atoms with E-state index in [1.54, 1.807) is 0 Å². The second kappa shape index (κ2) is 4.00. The zero-order valence-corrected chi connectivity index (χ0v) is 8.88. The summed E-state index contributed by atoms with van der Waals surface area (Å²) in [6.45, 7) is 4.05.